The maximum atomic E-state index is 10.3. The van der Waals surface area contributed by atoms with Crippen molar-refractivity contribution in [1.29, 1.82) is 0 Å². The van der Waals surface area contributed by atoms with Crippen LogP contribution in [0.5, 0.6) is 0 Å². The highest BCUT2D eigenvalue weighted by atomic mass is 79.9. The van der Waals surface area contributed by atoms with Crippen LogP contribution in [0.25, 0.3) is 0 Å². The number of methoxy groups -OCH3 is 2. The average molecular weight is 213 g/mol. The fourth-order valence-electron chi connectivity index (χ4n) is 0.452. The monoisotopic (exact) mass is 212 g/mol. The third-order valence-corrected chi connectivity index (χ3v) is 1.76. The lowest BCUT2D eigenvalue weighted by molar-refractivity contribution is -0.150. The molecule has 0 saturated heterocycles. The molecule has 5 heteroatoms. The zero-order valence-corrected chi connectivity index (χ0v) is 7.29. The molecule has 1 N–H and O–H groups in total. The van der Waals surface area contributed by atoms with Crippen LogP contribution in [0.2, 0.25) is 0 Å². The SMILES string of the molecule is COC(OC)C(Br)C(=O)O. The summed E-state index contributed by atoms with van der Waals surface area (Å²) < 4.78 is 9.35. The van der Waals surface area contributed by atoms with Crippen LogP contribution in [0.1, 0.15) is 0 Å². The van der Waals surface area contributed by atoms with Gasteiger partial charge < -0.3 is 14.6 Å². The Morgan fingerprint density at radius 2 is 1.90 bits per heavy atom. The third-order valence-electron chi connectivity index (χ3n) is 0.939. The minimum absolute atomic E-state index is 0.738. The lowest BCUT2D eigenvalue weighted by Gasteiger charge is -2.15. The van der Waals surface area contributed by atoms with E-state index in [0.717, 1.165) is 0 Å². The molecule has 0 radical (unpaired) electrons. The molecular weight excluding hydrogens is 204 g/mol. The van der Waals surface area contributed by atoms with Crippen LogP contribution in [-0.2, 0) is 14.3 Å². The first kappa shape index (κ1) is 9.87. The average Bonchev–Trinajstić information content (AvgIpc) is 1.90. The van der Waals surface area contributed by atoms with E-state index < -0.39 is 17.1 Å². The summed E-state index contributed by atoms with van der Waals surface area (Å²) in [5, 5.41) is 8.41. The standard InChI is InChI=1S/C5H9BrO4/c1-9-5(10-2)3(6)4(7)8/h3,5H,1-2H3,(H,7,8). The number of aliphatic carboxylic acids is 1. The predicted molar refractivity (Wildman–Crippen MR) is 38.2 cm³/mol. The van der Waals surface area contributed by atoms with Gasteiger partial charge in [-0.15, -0.1) is 0 Å². The minimum Gasteiger partial charge on any atom is -0.480 e. The number of carboxylic acids is 1. The van der Waals surface area contributed by atoms with Gasteiger partial charge in [0.2, 0.25) is 0 Å². The van der Waals surface area contributed by atoms with Gasteiger partial charge in [-0.2, -0.15) is 0 Å². The van der Waals surface area contributed by atoms with Crippen molar-refractivity contribution in [3.05, 3.63) is 0 Å². The Bertz CT molecular complexity index is 112. The van der Waals surface area contributed by atoms with Crippen molar-refractivity contribution in [2.75, 3.05) is 14.2 Å². The quantitative estimate of drug-likeness (QED) is 0.544. The number of hydrogen-bond acceptors (Lipinski definition) is 3. The van der Waals surface area contributed by atoms with E-state index in [-0.39, 0.29) is 0 Å². The van der Waals surface area contributed by atoms with E-state index in [1.165, 1.54) is 14.2 Å². The summed E-state index contributed by atoms with van der Waals surface area (Å²) in [5.41, 5.74) is 0. The zero-order chi connectivity index (χ0) is 8.15. The lowest BCUT2D eigenvalue weighted by atomic mass is 10.4. The van der Waals surface area contributed by atoms with Gasteiger partial charge in [0.1, 0.15) is 0 Å². The molecule has 0 aliphatic heterocycles. The van der Waals surface area contributed by atoms with Gasteiger partial charge in [-0.05, 0) is 0 Å². The molecule has 0 saturated carbocycles. The second-order valence-corrected chi connectivity index (χ2v) is 2.57. The second-order valence-electron chi connectivity index (χ2n) is 1.58. The fourth-order valence-corrected chi connectivity index (χ4v) is 0.883. The molecule has 0 bridgehead atoms. The Hall–Kier alpha value is -0.130. The second kappa shape index (κ2) is 4.65. The lowest BCUT2D eigenvalue weighted by Crippen LogP contribution is -2.31. The Morgan fingerprint density at radius 1 is 1.50 bits per heavy atom. The minimum atomic E-state index is -1.01. The molecule has 0 fully saturated rings. The first-order valence-electron chi connectivity index (χ1n) is 2.56. The smallest absolute Gasteiger partial charge is 0.322 e. The van der Waals surface area contributed by atoms with Crippen molar-refractivity contribution in [1.82, 2.24) is 0 Å². The summed E-state index contributed by atoms with van der Waals surface area (Å²) in [4.78, 5) is 9.43. The van der Waals surface area contributed by atoms with Crippen LogP contribution >= 0.6 is 15.9 Å². The van der Waals surface area contributed by atoms with Crippen molar-refractivity contribution in [2.45, 2.75) is 11.1 Å². The van der Waals surface area contributed by atoms with Crippen molar-refractivity contribution in [3.63, 3.8) is 0 Å². The zero-order valence-electron chi connectivity index (χ0n) is 5.70. The van der Waals surface area contributed by atoms with Crippen LogP contribution in [0.4, 0.5) is 0 Å². The summed E-state index contributed by atoms with van der Waals surface area (Å²) in [6.45, 7) is 0. The number of halogens is 1. The van der Waals surface area contributed by atoms with Crippen LogP contribution in [-0.4, -0.2) is 36.4 Å². The Kier molecular flexibility index (Phi) is 4.59. The molecule has 0 heterocycles. The van der Waals surface area contributed by atoms with Crippen LogP contribution in [0, 0.1) is 0 Å². The highest BCUT2D eigenvalue weighted by molar-refractivity contribution is 9.10. The molecule has 0 aromatic heterocycles. The van der Waals surface area contributed by atoms with E-state index in [9.17, 15) is 4.79 Å². The third kappa shape index (κ3) is 2.64. The van der Waals surface area contributed by atoms with E-state index in [0.29, 0.717) is 0 Å². The van der Waals surface area contributed by atoms with Gasteiger partial charge in [0, 0.05) is 14.2 Å². The Balaban J connectivity index is 3.88. The highest BCUT2D eigenvalue weighted by Crippen LogP contribution is 2.09. The maximum Gasteiger partial charge on any atom is 0.322 e. The number of ether oxygens (including phenoxy) is 2. The van der Waals surface area contributed by atoms with E-state index in [1.54, 1.807) is 0 Å². The van der Waals surface area contributed by atoms with Crippen LogP contribution in [0.3, 0.4) is 0 Å². The molecule has 0 aromatic carbocycles. The van der Waals surface area contributed by atoms with Gasteiger partial charge in [-0.25, -0.2) is 0 Å². The van der Waals surface area contributed by atoms with Crippen molar-refractivity contribution >= 4 is 21.9 Å². The molecule has 1 unspecified atom stereocenters. The molecule has 60 valence electrons. The topological polar surface area (TPSA) is 55.8 Å². The van der Waals surface area contributed by atoms with Gasteiger partial charge in [-0.3, -0.25) is 4.79 Å². The fraction of sp³-hybridized carbons (Fsp3) is 0.800. The summed E-state index contributed by atoms with van der Waals surface area (Å²) in [6, 6.07) is 0. The number of alkyl halides is 1. The maximum absolute atomic E-state index is 10.3. The summed E-state index contributed by atoms with van der Waals surface area (Å²) in [5.74, 6) is -1.01. The number of rotatable bonds is 4. The van der Waals surface area contributed by atoms with E-state index in [2.05, 4.69) is 25.4 Å². The summed E-state index contributed by atoms with van der Waals surface area (Å²) >= 11 is 2.88. The van der Waals surface area contributed by atoms with Gasteiger partial charge in [0.15, 0.2) is 11.1 Å². The van der Waals surface area contributed by atoms with Gasteiger partial charge >= 0.3 is 5.97 Å². The van der Waals surface area contributed by atoms with E-state index in [1.807, 2.05) is 0 Å². The van der Waals surface area contributed by atoms with Crippen molar-refractivity contribution in [3.8, 4) is 0 Å². The molecule has 0 aliphatic rings. The number of carboxylic acid groups (broad SMARTS) is 1. The highest BCUT2D eigenvalue weighted by Gasteiger charge is 2.24. The largest absolute Gasteiger partial charge is 0.480 e. The summed E-state index contributed by atoms with van der Waals surface area (Å²) in [7, 11) is 2.76. The van der Waals surface area contributed by atoms with Crippen LogP contribution in [0.15, 0.2) is 0 Å². The summed E-state index contributed by atoms with van der Waals surface area (Å²) in [6.07, 6.45) is -0.738. The molecule has 10 heavy (non-hydrogen) atoms. The molecule has 0 aromatic rings. The Labute approximate surface area is 67.2 Å². The van der Waals surface area contributed by atoms with Gasteiger partial charge in [-0.1, -0.05) is 15.9 Å². The van der Waals surface area contributed by atoms with Gasteiger partial charge in [0.25, 0.3) is 0 Å². The predicted octanol–water partition coefficient (Wildman–Crippen LogP) is 0.453. The number of carbonyl (C=O) groups is 1. The molecule has 1 atom stereocenters. The molecular formula is C5H9BrO4. The van der Waals surface area contributed by atoms with Crippen molar-refractivity contribution in [2.24, 2.45) is 0 Å². The molecule has 4 nitrogen and oxygen atoms in total. The van der Waals surface area contributed by atoms with Gasteiger partial charge in [0.05, 0.1) is 0 Å². The Morgan fingerprint density at radius 3 is 2.00 bits per heavy atom. The van der Waals surface area contributed by atoms with Crippen molar-refractivity contribution < 1.29 is 19.4 Å². The van der Waals surface area contributed by atoms with E-state index >= 15 is 0 Å². The first-order valence-corrected chi connectivity index (χ1v) is 3.47. The normalized spacial score (nSPS) is 13.6. The first-order chi connectivity index (χ1) is 4.63. The van der Waals surface area contributed by atoms with E-state index in [4.69, 9.17) is 5.11 Å². The molecule has 0 amide bonds. The molecule has 0 rings (SSSR count). The van der Waals surface area contributed by atoms with Crippen LogP contribution < -0.4 is 0 Å². The number of hydrogen-bond donors (Lipinski definition) is 1. The molecule has 0 aliphatic carbocycles. The molecule has 0 spiro atoms.